The maximum absolute atomic E-state index is 14.0. The average molecular weight is 1060 g/mol. The van der Waals surface area contributed by atoms with Gasteiger partial charge in [-0.3, -0.25) is 48.1 Å². The number of hydrogen-bond donors (Lipinski definition) is 15. The number of likely N-dealkylation sites (tertiary alicyclic amines) is 1. The molecule has 1 aromatic carbocycles. The zero-order chi connectivity index (χ0) is 56.9. The van der Waals surface area contributed by atoms with Crippen molar-refractivity contribution in [2.24, 2.45) is 39.9 Å². The second kappa shape index (κ2) is 30.9. The molecule has 1 aliphatic heterocycles. The Balaban J connectivity index is 2.35. The zero-order valence-corrected chi connectivity index (χ0v) is 43.5. The monoisotopic (exact) mass is 1060 g/mol. The highest BCUT2D eigenvalue weighted by molar-refractivity contribution is 5.99. The molecule has 0 aliphatic carbocycles. The number of phenolic OH excluding ortho intramolecular Hbond substituents is 1. The van der Waals surface area contributed by atoms with E-state index in [2.05, 4.69) is 42.2 Å². The first-order chi connectivity index (χ1) is 35.1. The van der Waals surface area contributed by atoms with Gasteiger partial charge in [0.15, 0.2) is 5.96 Å². The summed E-state index contributed by atoms with van der Waals surface area (Å²) in [6.07, 6.45) is -2.31. The molecule has 1 fully saturated rings. The van der Waals surface area contributed by atoms with Crippen molar-refractivity contribution in [2.45, 2.75) is 160 Å². The third-order valence-corrected chi connectivity index (χ3v) is 11.9. The van der Waals surface area contributed by atoms with E-state index in [0.717, 1.165) is 0 Å². The molecule has 0 saturated carbocycles. The third kappa shape index (κ3) is 21.7. The first-order valence-corrected chi connectivity index (χ1v) is 24.8. The number of nitrogens with one attached hydrogen (secondary N) is 7. The number of carboxylic acid groups (broad SMARTS) is 2. The number of aliphatic carboxylic acids is 2. The van der Waals surface area contributed by atoms with Crippen LogP contribution in [0.25, 0.3) is 0 Å². The first-order valence-electron chi connectivity index (χ1n) is 24.8. The van der Waals surface area contributed by atoms with Crippen molar-refractivity contribution in [1.29, 1.82) is 0 Å². The zero-order valence-electron chi connectivity index (χ0n) is 43.5. The van der Waals surface area contributed by atoms with Gasteiger partial charge in [-0.05, 0) is 80.9 Å². The normalized spacial score (nSPS) is 16.9. The van der Waals surface area contributed by atoms with E-state index in [1.807, 2.05) is 0 Å². The fourth-order valence-electron chi connectivity index (χ4n) is 8.01. The molecular formula is C48H78N12O15. The summed E-state index contributed by atoms with van der Waals surface area (Å²) < 4.78 is 0. The molecule has 0 spiro atoms. The second-order valence-corrected chi connectivity index (χ2v) is 19.8. The van der Waals surface area contributed by atoms with E-state index in [1.54, 1.807) is 41.5 Å². The molecule has 8 amide bonds. The fourth-order valence-corrected chi connectivity index (χ4v) is 8.01. The Kier molecular flexibility index (Phi) is 26.4. The van der Waals surface area contributed by atoms with Crippen molar-refractivity contribution in [3.63, 3.8) is 0 Å². The van der Waals surface area contributed by atoms with E-state index in [9.17, 15) is 73.5 Å². The minimum absolute atomic E-state index is 0.0138. The van der Waals surface area contributed by atoms with Crippen LogP contribution in [0.5, 0.6) is 5.75 Å². The molecule has 10 atom stereocenters. The van der Waals surface area contributed by atoms with Crippen LogP contribution < -0.4 is 54.4 Å². The van der Waals surface area contributed by atoms with Crippen LogP contribution in [0.4, 0.5) is 0 Å². The molecule has 1 heterocycles. The Morgan fingerprint density at radius 2 is 1.17 bits per heavy atom. The molecule has 1 saturated heterocycles. The number of carbonyl (C=O) groups is 10. The smallest absolute Gasteiger partial charge is 0.326 e. The van der Waals surface area contributed by atoms with Crippen LogP contribution in [0.1, 0.15) is 99.0 Å². The highest BCUT2D eigenvalue weighted by atomic mass is 16.4. The number of hydrogen-bond acceptors (Lipinski definition) is 15. The van der Waals surface area contributed by atoms with Crippen molar-refractivity contribution in [1.82, 2.24) is 42.1 Å². The maximum Gasteiger partial charge on any atom is 0.326 e. The van der Waals surface area contributed by atoms with Crippen molar-refractivity contribution in [2.75, 3.05) is 19.7 Å². The Bertz CT molecular complexity index is 2170. The van der Waals surface area contributed by atoms with Crippen LogP contribution in [-0.4, -0.2) is 176 Å². The van der Waals surface area contributed by atoms with Gasteiger partial charge >= 0.3 is 11.9 Å². The molecule has 0 aromatic heterocycles. The largest absolute Gasteiger partial charge is 0.508 e. The van der Waals surface area contributed by atoms with E-state index >= 15 is 0 Å². The number of phenols is 1. The van der Waals surface area contributed by atoms with Gasteiger partial charge in [0.2, 0.25) is 47.3 Å². The maximum atomic E-state index is 14.0. The number of aliphatic imine (C=N–C) groups is 1. The third-order valence-electron chi connectivity index (χ3n) is 11.9. The highest BCUT2D eigenvalue weighted by Gasteiger charge is 2.40. The van der Waals surface area contributed by atoms with E-state index in [0.29, 0.717) is 12.0 Å². The highest BCUT2D eigenvalue weighted by Crippen LogP contribution is 2.20. The van der Waals surface area contributed by atoms with Gasteiger partial charge in [0.25, 0.3) is 0 Å². The number of nitrogens with zero attached hydrogens (tertiary/aromatic N) is 2. The molecule has 1 aromatic rings. The quantitative estimate of drug-likeness (QED) is 0.0194. The van der Waals surface area contributed by atoms with Crippen LogP contribution in [0.15, 0.2) is 29.3 Å². The minimum atomic E-state index is -1.87. The number of nitrogens with two attached hydrogens (primary N) is 3. The number of rotatable bonds is 31. The standard InChI is InChI=1S/C48H78N12O15/c1-23(2)18-31(40(67)53-30(10-8-16-52-48(50)51)39(66)57-34(47(74)75)20-27-12-14-28(63)15-13-27)54-42(69)33(21-36(64)65)55-41(68)32(19-24(3)4)56-45(72)38(26(7)62)59-44(71)37(25(5)6)58-43(70)35-11-9-17-60(35)46(73)29(49)22-61/h12-15,23-26,29-35,37-38,61-63H,8-11,16-22,49H2,1-7H3,(H,53,67)(H,54,69)(H,55,68)(H,56,72)(H,57,66)(H,58,70)(H,59,71)(H,64,65)(H,74,75)(H4,50,51,52)/t26-,29+,30+,31+,32+,33+,34+,35+,37+,38+/m1/s1. The average Bonchev–Trinajstić information content (AvgIpc) is 3.82. The van der Waals surface area contributed by atoms with Gasteiger partial charge in [0.05, 0.1) is 19.1 Å². The molecule has 18 N–H and O–H groups in total. The molecule has 75 heavy (non-hydrogen) atoms. The molecule has 0 bridgehead atoms. The van der Waals surface area contributed by atoms with Crippen LogP contribution >= 0.6 is 0 Å². The Morgan fingerprint density at radius 1 is 0.680 bits per heavy atom. The topological polar surface area (TPSA) is 450 Å². The van der Waals surface area contributed by atoms with Gasteiger partial charge in [-0.2, -0.15) is 0 Å². The molecule has 420 valence electrons. The SMILES string of the molecule is CC(C)C[C@H](NC(=O)[C@H](CC(=O)O)NC(=O)[C@H](CC(C)C)NC(=O)[C@@H](NC(=O)[C@@H](NC(=O)[C@@H]1CCCN1C(=O)[C@@H](N)CO)C(C)C)[C@@H](C)O)C(=O)N[C@@H](CCCN=C(N)N)C(=O)N[C@@H](Cc1ccc(O)cc1)C(=O)O. The summed E-state index contributed by atoms with van der Waals surface area (Å²) in [7, 11) is 0. The Labute approximate surface area is 435 Å². The summed E-state index contributed by atoms with van der Waals surface area (Å²) in [5.41, 5.74) is 17.0. The molecular weight excluding hydrogens is 985 g/mol. The number of aromatic hydroxyl groups is 1. The Hall–Kier alpha value is -7.13. The van der Waals surface area contributed by atoms with Crippen molar-refractivity contribution in [3.8, 4) is 5.75 Å². The van der Waals surface area contributed by atoms with E-state index in [4.69, 9.17) is 17.2 Å². The van der Waals surface area contributed by atoms with Crippen LogP contribution in [0, 0.1) is 17.8 Å². The second-order valence-electron chi connectivity index (χ2n) is 19.8. The summed E-state index contributed by atoms with van der Waals surface area (Å²) in [6, 6.07) is -7.43. The lowest BCUT2D eigenvalue weighted by Crippen LogP contribution is -2.62. The van der Waals surface area contributed by atoms with Crippen molar-refractivity contribution < 1.29 is 73.5 Å². The summed E-state index contributed by atoms with van der Waals surface area (Å²) in [5.74, 6) is -11.9. The van der Waals surface area contributed by atoms with Gasteiger partial charge < -0.3 is 84.9 Å². The predicted molar refractivity (Wildman–Crippen MR) is 270 cm³/mol. The number of benzene rings is 1. The molecule has 2 rings (SSSR count). The van der Waals surface area contributed by atoms with E-state index < -0.39 is 139 Å². The summed E-state index contributed by atoms with van der Waals surface area (Å²) in [6.45, 7) is 10.7. The van der Waals surface area contributed by atoms with Gasteiger partial charge in [-0.25, -0.2) is 4.79 Å². The van der Waals surface area contributed by atoms with Crippen molar-refractivity contribution in [3.05, 3.63) is 29.8 Å². The van der Waals surface area contributed by atoms with Crippen LogP contribution in [0.2, 0.25) is 0 Å². The lowest BCUT2D eigenvalue weighted by Gasteiger charge is -2.31. The van der Waals surface area contributed by atoms with Crippen LogP contribution in [-0.2, 0) is 54.4 Å². The van der Waals surface area contributed by atoms with E-state index in [1.165, 1.54) is 36.1 Å². The number of aliphatic hydroxyl groups excluding tert-OH is 2. The predicted octanol–water partition coefficient (Wildman–Crippen LogP) is -3.62. The first kappa shape index (κ1) is 64.0. The number of carboxylic acids is 2. The van der Waals surface area contributed by atoms with Crippen molar-refractivity contribution >= 4 is 65.2 Å². The summed E-state index contributed by atoms with van der Waals surface area (Å²) in [4.78, 5) is 139. The summed E-state index contributed by atoms with van der Waals surface area (Å²) >= 11 is 0. The van der Waals surface area contributed by atoms with Crippen LogP contribution in [0.3, 0.4) is 0 Å². The van der Waals surface area contributed by atoms with Gasteiger partial charge in [0.1, 0.15) is 60.1 Å². The molecule has 27 nitrogen and oxygen atoms in total. The van der Waals surface area contributed by atoms with E-state index in [-0.39, 0.29) is 75.2 Å². The number of carbonyl (C=O) groups excluding carboxylic acids is 8. The number of guanidine groups is 1. The molecule has 0 unspecified atom stereocenters. The van der Waals surface area contributed by atoms with Gasteiger partial charge in [0, 0.05) is 19.5 Å². The number of amides is 8. The Morgan fingerprint density at radius 3 is 1.67 bits per heavy atom. The molecule has 0 radical (unpaired) electrons. The number of aliphatic hydroxyl groups is 2. The molecule has 27 heteroatoms. The fraction of sp³-hybridized carbons (Fsp3) is 0.646. The summed E-state index contributed by atoms with van der Waals surface area (Å²) in [5, 5.41) is 66.8. The van der Waals surface area contributed by atoms with Gasteiger partial charge in [-0.15, -0.1) is 0 Å². The molecule has 1 aliphatic rings. The minimum Gasteiger partial charge on any atom is -0.508 e. The lowest BCUT2D eigenvalue weighted by atomic mass is 9.99. The lowest BCUT2D eigenvalue weighted by molar-refractivity contribution is -0.142. The van der Waals surface area contributed by atoms with Gasteiger partial charge in [-0.1, -0.05) is 53.7 Å².